The summed E-state index contributed by atoms with van der Waals surface area (Å²) >= 11 is 0. The maximum absolute atomic E-state index is 14.0. The standard InChI is InChI=1S/C11H10ClF2NO3S/c1-15(7-2-3-7)11(16)8-4-6(13)5-9(10(8)14)19(12,17)18/h4-5,7H,2-3H2,1H3. The van der Waals surface area contributed by atoms with Crippen LogP contribution >= 0.6 is 10.7 Å². The van der Waals surface area contributed by atoms with Gasteiger partial charge in [-0.2, -0.15) is 0 Å². The minimum atomic E-state index is -4.46. The number of nitrogens with zero attached hydrogens (tertiary/aromatic N) is 1. The molecule has 1 aromatic rings. The summed E-state index contributed by atoms with van der Waals surface area (Å²) in [6.07, 6.45) is 1.58. The van der Waals surface area contributed by atoms with Gasteiger partial charge in [-0.1, -0.05) is 0 Å². The van der Waals surface area contributed by atoms with Gasteiger partial charge in [-0.15, -0.1) is 0 Å². The highest BCUT2D eigenvalue weighted by molar-refractivity contribution is 8.13. The summed E-state index contributed by atoms with van der Waals surface area (Å²) < 4.78 is 49.5. The van der Waals surface area contributed by atoms with E-state index in [-0.39, 0.29) is 6.04 Å². The average Bonchev–Trinajstić information content (AvgIpc) is 3.12. The molecule has 0 atom stereocenters. The summed E-state index contributed by atoms with van der Waals surface area (Å²) in [7, 11) is 2.01. The van der Waals surface area contributed by atoms with Crippen LogP contribution in [0.15, 0.2) is 17.0 Å². The number of hydrogen-bond donors (Lipinski definition) is 0. The van der Waals surface area contributed by atoms with Crippen molar-refractivity contribution in [2.45, 2.75) is 23.8 Å². The number of benzene rings is 1. The summed E-state index contributed by atoms with van der Waals surface area (Å²) in [5, 5.41) is 0. The van der Waals surface area contributed by atoms with Crippen LogP contribution in [0.2, 0.25) is 0 Å². The largest absolute Gasteiger partial charge is 0.339 e. The first-order valence-corrected chi connectivity index (χ1v) is 7.73. The van der Waals surface area contributed by atoms with Crippen molar-refractivity contribution in [3.8, 4) is 0 Å². The van der Waals surface area contributed by atoms with E-state index in [1.54, 1.807) is 0 Å². The van der Waals surface area contributed by atoms with E-state index in [1.807, 2.05) is 0 Å². The van der Waals surface area contributed by atoms with E-state index in [0.717, 1.165) is 12.8 Å². The van der Waals surface area contributed by atoms with Crippen molar-refractivity contribution in [3.63, 3.8) is 0 Å². The maximum atomic E-state index is 14.0. The van der Waals surface area contributed by atoms with Gasteiger partial charge >= 0.3 is 0 Å². The molecule has 0 radical (unpaired) electrons. The van der Waals surface area contributed by atoms with Gasteiger partial charge in [0.05, 0.1) is 5.56 Å². The highest BCUT2D eigenvalue weighted by Crippen LogP contribution is 2.29. The predicted molar refractivity (Wildman–Crippen MR) is 64.5 cm³/mol. The van der Waals surface area contributed by atoms with Crippen molar-refractivity contribution < 1.29 is 22.0 Å². The topological polar surface area (TPSA) is 54.5 Å². The Balaban J connectivity index is 2.51. The second-order valence-corrected chi connectivity index (χ2v) is 6.88. The molecule has 0 N–H and O–H groups in total. The molecule has 4 nitrogen and oxygen atoms in total. The van der Waals surface area contributed by atoms with Gasteiger partial charge in [0.25, 0.3) is 15.0 Å². The fourth-order valence-electron chi connectivity index (χ4n) is 1.71. The number of hydrogen-bond acceptors (Lipinski definition) is 3. The SMILES string of the molecule is CN(C(=O)c1cc(F)cc(S(=O)(=O)Cl)c1F)C1CC1. The molecule has 1 aliphatic rings. The Hall–Kier alpha value is -1.21. The first-order chi connectivity index (χ1) is 8.71. The van der Waals surface area contributed by atoms with Crippen LogP contribution < -0.4 is 0 Å². The fraction of sp³-hybridized carbons (Fsp3) is 0.364. The monoisotopic (exact) mass is 309 g/mol. The van der Waals surface area contributed by atoms with Gasteiger partial charge in [0.15, 0.2) is 5.82 Å². The minimum Gasteiger partial charge on any atom is -0.339 e. The Bertz CT molecular complexity index is 644. The Labute approximate surface area is 113 Å². The minimum absolute atomic E-state index is 0.00812. The lowest BCUT2D eigenvalue weighted by Gasteiger charge is -2.17. The molecule has 0 saturated heterocycles. The van der Waals surface area contributed by atoms with Gasteiger partial charge < -0.3 is 4.90 Å². The number of amides is 1. The zero-order chi connectivity index (χ0) is 14.4. The molecule has 1 aliphatic carbocycles. The molecule has 0 aliphatic heterocycles. The average molecular weight is 310 g/mol. The van der Waals surface area contributed by atoms with Crippen LogP contribution in [-0.2, 0) is 9.05 Å². The van der Waals surface area contributed by atoms with Crippen molar-refractivity contribution in [2.24, 2.45) is 0 Å². The zero-order valence-corrected chi connectivity index (χ0v) is 11.4. The molecule has 104 valence electrons. The van der Waals surface area contributed by atoms with Crippen LogP contribution in [0.25, 0.3) is 0 Å². The van der Waals surface area contributed by atoms with Crippen molar-refractivity contribution in [1.82, 2.24) is 4.90 Å². The number of halogens is 3. The Morgan fingerprint density at radius 1 is 1.37 bits per heavy atom. The molecule has 19 heavy (non-hydrogen) atoms. The third-order valence-electron chi connectivity index (χ3n) is 2.91. The molecule has 2 rings (SSSR count). The van der Waals surface area contributed by atoms with Gasteiger partial charge in [0.1, 0.15) is 10.7 Å². The van der Waals surface area contributed by atoms with Gasteiger partial charge in [-0.05, 0) is 25.0 Å². The lowest BCUT2D eigenvalue weighted by molar-refractivity contribution is 0.0779. The Morgan fingerprint density at radius 3 is 2.42 bits per heavy atom. The van der Waals surface area contributed by atoms with Crippen molar-refractivity contribution in [1.29, 1.82) is 0 Å². The summed E-state index contributed by atoms with van der Waals surface area (Å²) in [4.78, 5) is 12.2. The van der Waals surface area contributed by atoms with E-state index in [2.05, 4.69) is 0 Å². The molecule has 1 aromatic carbocycles. The molecule has 1 saturated carbocycles. The molecule has 0 heterocycles. The molecule has 1 amide bonds. The summed E-state index contributed by atoms with van der Waals surface area (Å²) in [5.74, 6) is -3.12. The molecule has 1 fully saturated rings. The molecule has 0 bridgehead atoms. The zero-order valence-electron chi connectivity index (χ0n) is 9.86. The van der Waals surface area contributed by atoms with E-state index in [9.17, 15) is 22.0 Å². The van der Waals surface area contributed by atoms with Crippen LogP contribution in [0, 0.1) is 11.6 Å². The summed E-state index contributed by atoms with van der Waals surface area (Å²) in [5.41, 5.74) is -0.631. The smallest absolute Gasteiger partial charge is 0.264 e. The van der Waals surface area contributed by atoms with Gasteiger partial charge in [-0.25, -0.2) is 17.2 Å². The Kier molecular flexibility index (Phi) is 3.53. The molecule has 0 unspecified atom stereocenters. The van der Waals surface area contributed by atoms with E-state index >= 15 is 0 Å². The fourth-order valence-corrected chi connectivity index (χ4v) is 2.63. The Morgan fingerprint density at radius 2 is 1.95 bits per heavy atom. The van der Waals surface area contributed by atoms with Crippen LogP contribution in [0.3, 0.4) is 0 Å². The van der Waals surface area contributed by atoms with E-state index in [0.29, 0.717) is 12.1 Å². The highest BCUT2D eigenvalue weighted by atomic mass is 35.7. The van der Waals surface area contributed by atoms with Crippen LogP contribution in [0.5, 0.6) is 0 Å². The summed E-state index contributed by atoms with van der Waals surface area (Å²) in [6.45, 7) is 0. The molecule has 0 aromatic heterocycles. The lowest BCUT2D eigenvalue weighted by atomic mass is 10.2. The number of carbonyl (C=O) groups excluding carboxylic acids is 1. The molecule has 8 heteroatoms. The third-order valence-corrected chi connectivity index (χ3v) is 4.23. The van der Waals surface area contributed by atoms with Crippen LogP contribution in [0.1, 0.15) is 23.2 Å². The second-order valence-electron chi connectivity index (χ2n) is 4.35. The lowest BCUT2D eigenvalue weighted by Crippen LogP contribution is -2.30. The highest BCUT2D eigenvalue weighted by Gasteiger charge is 2.33. The predicted octanol–water partition coefficient (Wildman–Crippen LogP) is 2.13. The van der Waals surface area contributed by atoms with E-state index < -0.39 is 37.1 Å². The second kappa shape index (κ2) is 4.72. The van der Waals surface area contributed by atoms with E-state index in [1.165, 1.54) is 11.9 Å². The van der Waals surface area contributed by atoms with Crippen LogP contribution in [-0.4, -0.2) is 32.3 Å². The first kappa shape index (κ1) is 14.2. The van der Waals surface area contributed by atoms with Crippen molar-refractivity contribution in [2.75, 3.05) is 7.05 Å². The van der Waals surface area contributed by atoms with Gasteiger partial charge in [0, 0.05) is 23.8 Å². The number of rotatable bonds is 3. The first-order valence-electron chi connectivity index (χ1n) is 5.42. The van der Waals surface area contributed by atoms with Crippen molar-refractivity contribution in [3.05, 3.63) is 29.3 Å². The molecular weight excluding hydrogens is 300 g/mol. The third kappa shape index (κ3) is 2.87. The normalized spacial score (nSPS) is 15.4. The van der Waals surface area contributed by atoms with E-state index in [4.69, 9.17) is 10.7 Å². The quantitative estimate of drug-likeness (QED) is 0.804. The number of carbonyl (C=O) groups is 1. The maximum Gasteiger partial charge on any atom is 0.264 e. The van der Waals surface area contributed by atoms with Crippen molar-refractivity contribution >= 4 is 25.6 Å². The summed E-state index contributed by atoms with van der Waals surface area (Å²) in [6, 6.07) is 1.11. The van der Waals surface area contributed by atoms with Crippen LogP contribution in [0.4, 0.5) is 8.78 Å². The molecule has 0 spiro atoms. The molecular formula is C11H10ClF2NO3S. The van der Waals surface area contributed by atoms with Gasteiger partial charge in [0.2, 0.25) is 0 Å². The van der Waals surface area contributed by atoms with Gasteiger partial charge in [-0.3, -0.25) is 4.79 Å².